The van der Waals surface area contributed by atoms with Crippen LogP contribution >= 0.6 is 11.6 Å². The van der Waals surface area contributed by atoms with E-state index in [0.29, 0.717) is 17.3 Å². The average Bonchev–Trinajstić information content (AvgIpc) is 2.88. The van der Waals surface area contributed by atoms with Crippen molar-refractivity contribution in [3.8, 4) is 17.2 Å². The van der Waals surface area contributed by atoms with E-state index < -0.39 is 0 Å². The van der Waals surface area contributed by atoms with Crippen LogP contribution in [0, 0.1) is 11.3 Å². The van der Waals surface area contributed by atoms with Crippen LogP contribution in [0.25, 0.3) is 21.9 Å². The van der Waals surface area contributed by atoms with Gasteiger partial charge >= 0.3 is 0 Å². The Labute approximate surface area is 196 Å². The lowest BCUT2D eigenvalue weighted by atomic mass is 9.99. The van der Waals surface area contributed by atoms with E-state index in [-0.39, 0.29) is 0 Å². The molecular weight excluding hydrogens is 430 g/mol. The monoisotopic (exact) mass is 447 g/mol. The molecule has 0 saturated heterocycles. The number of para-hydroxylation sites is 1. The Hall–Kier alpha value is -4.27. The topological polar surface area (TPSA) is 65.7 Å². The Morgan fingerprint density at radius 2 is 1.70 bits per heavy atom. The largest absolute Gasteiger partial charge is 0.335 e. The molecule has 33 heavy (non-hydrogen) atoms. The second-order valence-corrected chi connectivity index (χ2v) is 7.84. The van der Waals surface area contributed by atoms with E-state index in [9.17, 15) is 5.26 Å². The van der Waals surface area contributed by atoms with Crippen molar-refractivity contribution < 1.29 is 0 Å². The first-order valence-corrected chi connectivity index (χ1v) is 10.8. The third-order valence-corrected chi connectivity index (χ3v) is 5.71. The van der Waals surface area contributed by atoms with Crippen LogP contribution in [0.15, 0.2) is 97.6 Å². The zero-order valence-electron chi connectivity index (χ0n) is 17.6. The number of nitriles is 1. The van der Waals surface area contributed by atoms with E-state index in [1.807, 2.05) is 48.5 Å². The maximum Gasteiger partial charge on any atom is 0.137 e. The summed E-state index contributed by atoms with van der Waals surface area (Å²) in [5.74, 6) is 0. The molecule has 3 heterocycles. The van der Waals surface area contributed by atoms with Gasteiger partial charge in [-0.1, -0.05) is 48.0 Å². The smallest absolute Gasteiger partial charge is 0.137 e. The molecule has 5 aromatic rings. The van der Waals surface area contributed by atoms with Crippen LogP contribution < -0.4 is 4.90 Å². The van der Waals surface area contributed by atoms with E-state index in [4.69, 9.17) is 11.6 Å². The van der Waals surface area contributed by atoms with E-state index in [1.165, 1.54) is 6.20 Å². The lowest BCUT2D eigenvalue weighted by molar-refractivity contribution is 0.930. The summed E-state index contributed by atoms with van der Waals surface area (Å²) in [6, 6.07) is 26.1. The minimum atomic E-state index is 0.368. The molecule has 0 radical (unpaired) electrons. The Morgan fingerprint density at radius 1 is 0.848 bits per heavy atom. The standard InChI is InChI=1S/C27H18ClN5/c28-27-26(20-13-19(14-29)15-30-16-20)23-10-6-11-25(24(23)17-32-27)33(22-8-2-1-3-9-22)18-21-7-4-5-12-31-21/h1-13,15-17H,18H2. The molecule has 0 spiro atoms. The van der Waals surface area contributed by atoms with Crippen molar-refractivity contribution in [1.29, 1.82) is 5.26 Å². The summed E-state index contributed by atoms with van der Waals surface area (Å²) in [7, 11) is 0. The predicted molar refractivity (Wildman–Crippen MR) is 131 cm³/mol. The lowest BCUT2D eigenvalue weighted by Crippen LogP contribution is -2.17. The first-order chi connectivity index (χ1) is 16.2. The van der Waals surface area contributed by atoms with Gasteiger partial charge in [-0.2, -0.15) is 5.26 Å². The highest BCUT2D eigenvalue weighted by Crippen LogP contribution is 2.39. The number of rotatable bonds is 5. The number of fused-ring (bicyclic) bond motifs is 1. The summed E-state index contributed by atoms with van der Waals surface area (Å²) in [6.45, 7) is 0.591. The molecule has 5 nitrogen and oxygen atoms in total. The zero-order valence-corrected chi connectivity index (χ0v) is 18.3. The quantitative estimate of drug-likeness (QED) is 0.285. The second kappa shape index (κ2) is 9.07. The molecule has 2 aromatic carbocycles. The van der Waals surface area contributed by atoms with Gasteiger partial charge in [-0.15, -0.1) is 0 Å². The highest BCUT2D eigenvalue weighted by Gasteiger charge is 2.18. The maximum atomic E-state index is 9.32. The normalized spacial score (nSPS) is 10.7. The summed E-state index contributed by atoms with van der Waals surface area (Å²) in [6.07, 6.45) is 6.84. The van der Waals surface area contributed by atoms with Gasteiger partial charge in [0.05, 0.1) is 23.5 Å². The highest BCUT2D eigenvalue weighted by atomic mass is 35.5. The van der Waals surface area contributed by atoms with Crippen molar-refractivity contribution in [3.63, 3.8) is 0 Å². The third kappa shape index (κ3) is 4.12. The number of aromatic nitrogens is 3. The van der Waals surface area contributed by atoms with Crippen molar-refractivity contribution in [1.82, 2.24) is 15.0 Å². The molecule has 6 heteroatoms. The van der Waals surface area contributed by atoms with Crippen LogP contribution in [-0.2, 0) is 6.54 Å². The predicted octanol–water partition coefficient (Wildman–Crippen LogP) is 6.56. The SMILES string of the molecule is N#Cc1cncc(-c2c(Cl)ncc3c(N(Cc4ccccn4)c4ccccc4)cccc23)c1. The average molecular weight is 448 g/mol. The Morgan fingerprint density at radius 3 is 2.48 bits per heavy atom. The summed E-state index contributed by atoms with van der Waals surface area (Å²) in [5.41, 5.74) is 4.96. The van der Waals surface area contributed by atoms with E-state index in [1.54, 1.807) is 24.7 Å². The van der Waals surface area contributed by atoms with Crippen molar-refractivity contribution >= 4 is 33.7 Å². The van der Waals surface area contributed by atoms with Gasteiger partial charge in [0.1, 0.15) is 11.2 Å². The Bertz CT molecular complexity index is 1460. The molecule has 0 amide bonds. The van der Waals surface area contributed by atoms with Gasteiger partial charge in [-0.05, 0) is 41.8 Å². The van der Waals surface area contributed by atoms with Crippen LogP contribution in [0.2, 0.25) is 5.15 Å². The number of anilines is 2. The molecule has 0 unspecified atom stereocenters. The number of halogens is 1. The van der Waals surface area contributed by atoms with Gasteiger partial charge in [0, 0.05) is 47.0 Å². The molecule has 3 aromatic heterocycles. The van der Waals surface area contributed by atoms with Gasteiger partial charge in [0.15, 0.2) is 0 Å². The fourth-order valence-corrected chi connectivity index (χ4v) is 4.19. The second-order valence-electron chi connectivity index (χ2n) is 7.48. The van der Waals surface area contributed by atoms with E-state index >= 15 is 0 Å². The van der Waals surface area contributed by atoms with Gasteiger partial charge in [-0.3, -0.25) is 9.97 Å². The number of benzene rings is 2. The van der Waals surface area contributed by atoms with Gasteiger partial charge in [-0.25, -0.2) is 4.98 Å². The Balaban J connectivity index is 1.72. The number of hydrogen-bond acceptors (Lipinski definition) is 5. The van der Waals surface area contributed by atoms with Crippen molar-refractivity contribution in [2.24, 2.45) is 0 Å². The molecule has 158 valence electrons. The van der Waals surface area contributed by atoms with Gasteiger partial charge in [0.2, 0.25) is 0 Å². The number of hydrogen-bond donors (Lipinski definition) is 0. The molecule has 0 fully saturated rings. The molecule has 0 aliphatic carbocycles. The first-order valence-electron chi connectivity index (χ1n) is 10.4. The molecule has 0 atom stereocenters. The zero-order chi connectivity index (χ0) is 22.6. The fourth-order valence-electron chi connectivity index (χ4n) is 3.93. The van der Waals surface area contributed by atoms with E-state index in [2.05, 4.69) is 44.1 Å². The first kappa shape index (κ1) is 20.6. The van der Waals surface area contributed by atoms with Crippen molar-refractivity contribution in [3.05, 3.63) is 114 Å². The summed E-state index contributed by atoms with van der Waals surface area (Å²) < 4.78 is 0. The molecule has 0 aliphatic rings. The molecule has 5 rings (SSSR count). The van der Waals surface area contributed by atoms with Crippen molar-refractivity contribution in [2.75, 3.05) is 4.90 Å². The molecule has 0 saturated carbocycles. The minimum absolute atomic E-state index is 0.368. The molecule has 0 N–H and O–H groups in total. The van der Waals surface area contributed by atoms with Crippen LogP contribution in [-0.4, -0.2) is 15.0 Å². The van der Waals surface area contributed by atoms with Crippen molar-refractivity contribution in [2.45, 2.75) is 6.54 Å². The van der Waals surface area contributed by atoms with Gasteiger partial charge in [0.25, 0.3) is 0 Å². The van der Waals surface area contributed by atoms with Gasteiger partial charge < -0.3 is 4.90 Å². The summed E-state index contributed by atoms with van der Waals surface area (Å²) in [4.78, 5) is 15.5. The number of nitrogens with zero attached hydrogens (tertiary/aromatic N) is 5. The number of pyridine rings is 3. The molecule has 0 aliphatic heterocycles. The highest BCUT2D eigenvalue weighted by molar-refractivity contribution is 6.34. The fraction of sp³-hybridized carbons (Fsp3) is 0.0370. The summed E-state index contributed by atoms with van der Waals surface area (Å²) in [5, 5.41) is 11.6. The molecule has 0 bridgehead atoms. The van der Waals surface area contributed by atoms with Crippen LogP contribution in [0.3, 0.4) is 0 Å². The van der Waals surface area contributed by atoms with Crippen LogP contribution in [0.4, 0.5) is 11.4 Å². The minimum Gasteiger partial charge on any atom is -0.335 e. The van der Waals surface area contributed by atoms with E-state index in [0.717, 1.165) is 39.0 Å². The molecular formula is C27H18ClN5. The van der Waals surface area contributed by atoms with Crippen LogP contribution in [0.5, 0.6) is 0 Å². The summed E-state index contributed by atoms with van der Waals surface area (Å²) >= 11 is 6.57. The maximum absolute atomic E-state index is 9.32. The Kier molecular flexibility index (Phi) is 5.67. The lowest BCUT2D eigenvalue weighted by Gasteiger charge is -2.26. The van der Waals surface area contributed by atoms with Crippen LogP contribution in [0.1, 0.15) is 11.3 Å². The third-order valence-electron chi connectivity index (χ3n) is 5.43.